The van der Waals surface area contributed by atoms with E-state index in [-0.39, 0.29) is 18.3 Å². The van der Waals surface area contributed by atoms with Crippen LogP contribution in [0.5, 0.6) is 0 Å². The Hall–Kier alpha value is -2.39. The summed E-state index contributed by atoms with van der Waals surface area (Å²) in [6.07, 6.45) is 2.89. The second-order valence-electron chi connectivity index (χ2n) is 5.75. The largest absolute Gasteiger partial charge is 0.302 e. The van der Waals surface area contributed by atoms with Crippen molar-refractivity contribution < 1.29 is 9.18 Å². The molecule has 0 atom stereocenters. The molecule has 0 fully saturated rings. The summed E-state index contributed by atoms with van der Waals surface area (Å²) in [4.78, 5) is 24.9. The van der Waals surface area contributed by atoms with Gasteiger partial charge in [0.1, 0.15) is 30.5 Å². The molecule has 138 valence electrons. The molecule has 2 heterocycles. The maximum Gasteiger partial charge on any atom is 0.250 e. The van der Waals surface area contributed by atoms with Crippen LogP contribution >= 0.6 is 11.3 Å². The molecule has 0 N–H and O–H groups in total. The zero-order valence-corrected chi connectivity index (χ0v) is 15.6. The van der Waals surface area contributed by atoms with Crippen molar-refractivity contribution in [3.8, 4) is 0 Å². The van der Waals surface area contributed by atoms with Crippen LogP contribution in [0.2, 0.25) is 0 Å². The van der Waals surface area contributed by atoms with E-state index >= 15 is 0 Å². The Labute approximate surface area is 155 Å². The predicted molar refractivity (Wildman–Crippen MR) is 99.7 cm³/mol. The van der Waals surface area contributed by atoms with Crippen molar-refractivity contribution in [2.45, 2.75) is 20.4 Å². The van der Waals surface area contributed by atoms with Gasteiger partial charge in [-0.3, -0.25) is 9.69 Å². The summed E-state index contributed by atoms with van der Waals surface area (Å²) in [6, 6.07) is 4.84. The molecule has 0 unspecified atom stereocenters. The van der Waals surface area contributed by atoms with Crippen molar-refractivity contribution in [1.29, 1.82) is 0 Å². The second kappa shape index (κ2) is 8.33. The molecule has 0 spiro atoms. The molecule has 0 aliphatic rings. The van der Waals surface area contributed by atoms with Crippen LogP contribution in [0.25, 0.3) is 10.2 Å². The molecular formula is C17H21FN6OS. The number of carbonyl (C=O) groups excluding carboxylic acids is 1. The minimum absolute atomic E-state index is 0.0661. The van der Waals surface area contributed by atoms with Crippen LogP contribution in [-0.2, 0) is 11.3 Å². The van der Waals surface area contributed by atoms with Gasteiger partial charge in [0.2, 0.25) is 0 Å². The SMILES string of the molecule is CCN(CC)CCN(C(=O)Cn1cncn1)c1nc2c(F)cccc2s1. The number of likely N-dealkylation sites (N-methyl/N-ethyl adjacent to an activating group) is 1. The van der Waals surface area contributed by atoms with Gasteiger partial charge in [-0.1, -0.05) is 31.3 Å². The van der Waals surface area contributed by atoms with Crippen molar-refractivity contribution >= 4 is 32.6 Å². The molecule has 0 bridgehead atoms. The summed E-state index contributed by atoms with van der Waals surface area (Å²) in [6.45, 7) is 7.23. The summed E-state index contributed by atoms with van der Waals surface area (Å²) in [5.41, 5.74) is 0.300. The fourth-order valence-corrected chi connectivity index (χ4v) is 3.69. The number of nitrogens with zero attached hydrogens (tertiary/aromatic N) is 6. The van der Waals surface area contributed by atoms with Crippen LogP contribution in [0.3, 0.4) is 0 Å². The summed E-state index contributed by atoms with van der Waals surface area (Å²) >= 11 is 1.32. The van der Waals surface area contributed by atoms with E-state index in [2.05, 4.69) is 33.8 Å². The van der Waals surface area contributed by atoms with E-state index in [4.69, 9.17) is 0 Å². The number of aromatic nitrogens is 4. The highest BCUT2D eigenvalue weighted by Gasteiger charge is 2.21. The van der Waals surface area contributed by atoms with Gasteiger partial charge in [0.15, 0.2) is 5.13 Å². The highest BCUT2D eigenvalue weighted by atomic mass is 32.1. The van der Waals surface area contributed by atoms with Crippen molar-refractivity contribution in [3.05, 3.63) is 36.7 Å². The van der Waals surface area contributed by atoms with Gasteiger partial charge in [-0.2, -0.15) is 5.10 Å². The molecule has 26 heavy (non-hydrogen) atoms. The molecule has 1 amide bonds. The standard InChI is InChI=1S/C17H21FN6OS/c1-3-22(4-2)8-9-24(15(25)10-23-12-19-11-20-23)17-21-16-13(18)6-5-7-14(16)26-17/h5-7,11-12H,3-4,8-10H2,1-2H3. The number of carbonyl (C=O) groups is 1. The molecule has 3 aromatic rings. The third-order valence-corrected chi connectivity index (χ3v) is 5.23. The van der Waals surface area contributed by atoms with Gasteiger partial charge in [0.05, 0.1) is 4.70 Å². The molecule has 0 saturated carbocycles. The molecule has 3 rings (SSSR count). The third kappa shape index (κ3) is 4.05. The lowest BCUT2D eigenvalue weighted by Gasteiger charge is -2.24. The summed E-state index contributed by atoms with van der Waals surface area (Å²) in [5.74, 6) is -0.528. The van der Waals surface area contributed by atoms with E-state index < -0.39 is 0 Å². The van der Waals surface area contributed by atoms with E-state index in [0.717, 1.165) is 17.8 Å². The van der Waals surface area contributed by atoms with E-state index in [1.807, 2.05) is 6.07 Å². The van der Waals surface area contributed by atoms with Gasteiger partial charge in [-0.25, -0.2) is 19.0 Å². The first-order valence-corrected chi connectivity index (χ1v) is 9.34. The Morgan fingerprint density at radius 2 is 2.08 bits per heavy atom. The Morgan fingerprint density at radius 1 is 1.27 bits per heavy atom. The lowest BCUT2D eigenvalue weighted by molar-refractivity contribution is -0.119. The first-order valence-electron chi connectivity index (χ1n) is 8.52. The number of para-hydroxylation sites is 1. The number of halogens is 1. The number of hydrogen-bond donors (Lipinski definition) is 0. The third-order valence-electron chi connectivity index (χ3n) is 4.19. The van der Waals surface area contributed by atoms with Crippen LogP contribution in [0.4, 0.5) is 9.52 Å². The van der Waals surface area contributed by atoms with Crippen LogP contribution < -0.4 is 4.90 Å². The van der Waals surface area contributed by atoms with E-state index in [0.29, 0.717) is 23.7 Å². The minimum atomic E-state index is -0.377. The molecule has 0 saturated heterocycles. The van der Waals surface area contributed by atoms with Gasteiger partial charge in [0, 0.05) is 13.1 Å². The zero-order valence-electron chi connectivity index (χ0n) is 14.8. The summed E-state index contributed by atoms with van der Waals surface area (Å²) < 4.78 is 16.2. The van der Waals surface area contributed by atoms with Gasteiger partial charge in [0.25, 0.3) is 5.91 Å². The number of thiazole rings is 1. The molecule has 9 heteroatoms. The van der Waals surface area contributed by atoms with Crippen LogP contribution in [0.1, 0.15) is 13.8 Å². The molecule has 0 aliphatic heterocycles. The van der Waals surface area contributed by atoms with E-state index in [1.54, 1.807) is 11.0 Å². The lowest BCUT2D eigenvalue weighted by Crippen LogP contribution is -2.40. The number of hydrogen-bond acceptors (Lipinski definition) is 6. The van der Waals surface area contributed by atoms with E-state index in [1.165, 1.54) is 34.7 Å². The highest BCUT2D eigenvalue weighted by Crippen LogP contribution is 2.30. The predicted octanol–water partition coefficient (Wildman–Crippen LogP) is 2.40. The second-order valence-corrected chi connectivity index (χ2v) is 6.76. The van der Waals surface area contributed by atoms with Gasteiger partial charge < -0.3 is 4.90 Å². The Kier molecular flexibility index (Phi) is 5.89. The monoisotopic (exact) mass is 376 g/mol. The Bertz CT molecular complexity index is 861. The van der Waals surface area contributed by atoms with Crippen LogP contribution in [-0.4, -0.2) is 56.7 Å². The van der Waals surface area contributed by atoms with Gasteiger partial charge >= 0.3 is 0 Å². The number of benzene rings is 1. The van der Waals surface area contributed by atoms with Crippen molar-refractivity contribution in [1.82, 2.24) is 24.6 Å². The smallest absolute Gasteiger partial charge is 0.250 e. The van der Waals surface area contributed by atoms with Crippen molar-refractivity contribution in [3.63, 3.8) is 0 Å². The van der Waals surface area contributed by atoms with Gasteiger partial charge in [-0.15, -0.1) is 0 Å². The summed E-state index contributed by atoms with van der Waals surface area (Å²) in [5, 5.41) is 4.49. The van der Waals surface area contributed by atoms with Crippen molar-refractivity contribution in [2.24, 2.45) is 0 Å². The molecule has 2 aromatic heterocycles. The fraction of sp³-hybridized carbons (Fsp3) is 0.412. The molecular weight excluding hydrogens is 355 g/mol. The Morgan fingerprint density at radius 3 is 2.73 bits per heavy atom. The van der Waals surface area contributed by atoms with Crippen molar-refractivity contribution in [2.75, 3.05) is 31.1 Å². The Balaban J connectivity index is 1.87. The summed E-state index contributed by atoms with van der Waals surface area (Å²) in [7, 11) is 0. The normalized spacial score (nSPS) is 11.4. The molecule has 1 aromatic carbocycles. The quantitative estimate of drug-likeness (QED) is 0.604. The maximum absolute atomic E-state index is 14.0. The molecule has 0 radical (unpaired) electrons. The number of anilines is 1. The maximum atomic E-state index is 14.0. The lowest BCUT2D eigenvalue weighted by atomic mass is 10.3. The minimum Gasteiger partial charge on any atom is -0.302 e. The number of rotatable bonds is 8. The number of fused-ring (bicyclic) bond motifs is 1. The van der Waals surface area contributed by atoms with E-state index in [9.17, 15) is 9.18 Å². The molecule has 0 aliphatic carbocycles. The van der Waals surface area contributed by atoms with Crippen LogP contribution in [0, 0.1) is 5.82 Å². The average Bonchev–Trinajstić information content (AvgIpc) is 3.29. The highest BCUT2D eigenvalue weighted by molar-refractivity contribution is 7.22. The average molecular weight is 376 g/mol. The first kappa shape index (κ1) is 18.4. The number of amides is 1. The first-order chi connectivity index (χ1) is 12.6. The van der Waals surface area contributed by atoms with Gasteiger partial charge in [-0.05, 0) is 25.2 Å². The topological polar surface area (TPSA) is 67.2 Å². The molecule has 7 nitrogen and oxygen atoms in total. The fourth-order valence-electron chi connectivity index (χ4n) is 2.67. The van der Waals surface area contributed by atoms with Crippen LogP contribution in [0.15, 0.2) is 30.9 Å². The zero-order chi connectivity index (χ0) is 18.5.